The lowest BCUT2D eigenvalue weighted by Gasteiger charge is -2.34. The fourth-order valence-electron chi connectivity index (χ4n) is 2.52. The first-order valence-corrected chi connectivity index (χ1v) is 6.92. The first-order valence-electron chi connectivity index (χ1n) is 6.92. The van der Waals surface area contributed by atoms with E-state index < -0.39 is 11.2 Å². The van der Waals surface area contributed by atoms with Gasteiger partial charge in [0.2, 0.25) is 5.82 Å². The zero-order valence-corrected chi connectivity index (χ0v) is 11.6. The number of nitrogens with zero attached hydrogens (tertiary/aromatic N) is 3. The van der Waals surface area contributed by atoms with Gasteiger partial charge in [0.05, 0.1) is 0 Å². The Bertz CT molecular complexity index is 701. The van der Waals surface area contributed by atoms with Crippen LogP contribution in [0, 0.1) is 0 Å². The van der Waals surface area contributed by atoms with Gasteiger partial charge in [-0.2, -0.15) is 0 Å². The van der Waals surface area contributed by atoms with E-state index in [0.29, 0.717) is 0 Å². The van der Waals surface area contributed by atoms with E-state index in [2.05, 4.69) is 32.2 Å². The molecule has 21 heavy (non-hydrogen) atoms. The molecule has 7 nitrogen and oxygen atoms in total. The molecule has 0 unspecified atom stereocenters. The second-order valence-corrected chi connectivity index (χ2v) is 5.08. The standard InChI is InChI=1S/C14H17N5O2/c20-13-12(16-17-14(21)15-13)19-8-6-18(7-9-19)10-11-4-2-1-3-5-11/h1-5H,6-10H2,(H2,15,17,20,21). The molecule has 0 atom stereocenters. The number of rotatable bonds is 3. The molecule has 0 radical (unpaired) electrons. The zero-order valence-electron chi connectivity index (χ0n) is 11.6. The number of piperazine rings is 1. The molecule has 2 N–H and O–H groups in total. The molecule has 1 aromatic heterocycles. The summed E-state index contributed by atoms with van der Waals surface area (Å²) in [7, 11) is 0. The smallest absolute Gasteiger partial charge is 0.342 e. The van der Waals surface area contributed by atoms with Crippen LogP contribution in [0.15, 0.2) is 39.9 Å². The number of aromatic nitrogens is 3. The summed E-state index contributed by atoms with van der Waals surface area (Å²) in [6.07, 6.45) is 0. The summed E-state index contributed by atoms with van der Waals surface area (Å²) in [6.45, 7) is 4.05. The molecule has 2 aromatic rings. The Balaban J connectivity index is 1.62. The number of benzene rings is 1. The van der Waals surface area contributed by atoms with Gasteiger partial charge in [-0.25, -0.2) is 9.89 Å². The molecule has 0 saturated carbocycles. The Morgan fingerprint density at radius 2 is 1.76 bits per heavy atom. The van der Waals surface area contributed by atoms with E-state index >= 15 is 0 Å². The summed E-state index contributed by atoms with van der Waals surface area (Å²) < 4.78 is 0. The Morgan fingerprint density at radius 3 is 2.43 bits per heavy atom. The van der Waals surface area contributed by atoms with Crippen LogP contribution in [0.1, 0.15) is 5.56 Å². The maximum Gasteiger partial charge on any atom is 0.342 e. The summed E-state index contributed by atoms with van der Waals surface area (Å²) >= 11 is 0. The normalized spacial score (nSPS) is 16.1. The minimum Gasteiger partial charge on any atom is -0.348 e. The predicted octanol–water partition coefficient (Wildman–Crippen LogP) is -0.220. The minimum absolute atomic E-state index is 0.286. The van der Waals surface area contributed by atoms with Crippen LogP contribution < -0.4 is 16.1 Å². The van der Waals surface area contributed by atoms with Crippen molar-refractivity contribution in [1.29, 1.82) is 0 Å². The van der Waals surface area contributed by atoms with Crippen LogP contribution in [0.3, 0.4) is 0 Å². The Kier molecular flexibility index (Phi) is 3.83. The molecule has 3 rings (SSSR count). The highest BCUT2D eigenvalue weighted by molar-refractivity contribution is 5.34. The van der Waals surface area contributed by atoms with Crippen LogP contribution >= 0.6 is 0 Å². The van der Waals surface area contributed by atoms with Crippen molar-refractivity contribution in [3.8, 4) is 0 Å². The molecule has 1 aliphatic rings. The van der Waals surface area contributed by atoms with Gasteiger partial charge in [0.25, 0.3) is 5.56 Å². The third kappa shape index (κ3) is 3.19. The van der Waals surface area contributed by atoms with Gasteiger partial charge < -0.3 is 4.90 Å². The van der Waals surface area contributed by atoms with Gasteiger partial charge in [0, 0.05) is 32.7 Å². The van der Waals surface area contributed by atoms with E-state index in [1.807, 2.05) is 23.1 Å². The van der Waals surface area contributed by atoms with Gasteiger partial charge in [-0.15, -0.1) is 5.10 Å². The van der Waals surface area contributed by atoms with Crippen LogP contribution in [0.25, 0.3) is 0 Å². The van der Waals surface area contributed by atoms with Crippen LogP contribution in [0.5, 0.6) is 0 Å². The maximum absolute atomic E-state index is 11.7. The molecule has 0 bridgehead atoms. The van der Waals surface area contributed by atoms with Crippen LogP contribution in [0.2, 0.25) is 0 Å². The maximum atomic E-state index is 11.7. The molecule has 0 spiro atoms. The number of nitrogens with one attached hydrogen (secondary N) is 2. The first-order chi connectivity index (χ1) is 10.2. The van der Waals surface area contributed by atoms with Gasteiger partial charge in [0.15, 0.2) is 0 Å². The quantitative estimate of drug-likeness (QED) is 0.815. The fraction of sp³-hybridized carbons (Fsp3) is 0.357. The van der Waals surface area contributed by atoms with Gasteiger partial charge in [0.1, 0.15) is 0 Å². The van der Waals surface area contributed by atoms with Crippen LogP contribution in [0.4, 0.5) is 5.82 Å². The highest BCUT2D eigenvalue weighted by atomic mass is 16.2. The van der Waals surface area contributed by atoms with E-state index in [9.17, 15) is 9.59 Å². The highest BCUT2D eigenvalue weighted by Gasteiger charge is 2.20. The summed E-state index contributed by atoms with van der Waals surface area (Å²) in [5.74, 6) is 0.286. The van der Waals surface area contributed by atoms with Crippen molar-refractivity contribution in [2.24, 2.45) is 0 Å². The molecule has 7 heteroatoms. The second-order valence-electron chi connectivity index (χ2n) is 5.08. The molecule has 1 aliphatic heterocycles. The van der Waals surface area contributed by atoms with Gasteiger partial charge in [-0.3, -0.25) is 14.7 Å². The van der Waals surface area contributed by atoms with Gasteiger partial charge in [-0.05, 0) is 5.56 Å². The van der Waals surface area contributed by atoms with E-state index in [1.165, 1.54) is 5.56 Å². The molecular formula is C14H17N5O2. The molecule has 0 aliphatic carbocycles. The van der Waals surface area contributed by atoms with Crippen molar-refractivity contribution in [2.75, 3.05) is 31.1 Å². The van der Waals surface area contributed by atoms with Crippen molar-refractivity contribution >= 4 is 5.82 Å². The van der Waals surface area contributed by atoms with Crippen molar-refractivity contribution in [3.05, 3.63) is 56.7 Å². The monoisotopic (exact) mass is 287 g/mol. The van der Waals surface area contributed by atoms with E-state index in [0.717, 1.165) is 32.7 Å². The Hall–Kier alpha value is -2.41. The first kappa shape index (κ1) is 13.6. The minimum atomic E-state index is -0.577. The number of aromatic amines is 2. The second kappa shape index (κ2) is 5.92. The molecule has 110 valence electrons. The molecule has 1 aromatic carbocycles. The zero-order chi connectivity index (χ0) is 14.7. The van der Waals surface area contributed by atoms with Gasteiger partial charge >= 0.3 is 5.69 Å². The summed E-state index contributed by atoms with van der Waals surface area (Å²) in [5, 5.41) is 6.11. The van der Waals surface area contributed by atoms with Crippen molar-refractivity contribution in [3.63, 3.8) is 0 Å². The van der Waals surface area contributed by atoms with E-state index in [-0.39, 0.29) is 5.82 Å². The topological polar surface area (TPSA) is 85.1 Å². The molecule has 1 saturated heterocycles. The van der Waals surface area contributed by atoms with Crippen LogP contribution in [-0.2, 0) is 6.54 Å². The van der Waals surface area contributed by atoms with Crippen molar-refractivity contribution in [2.45, 2.75) is 6.54 Å². The lowest BCUT2D eigenvalue weighted by Crippen LogP contribution is -2.48. The lowest BCUT2D eigenvalue weighted by atomic mass is 10.2. The Morgan fingerprint density at radius 1 is 1.05 bits per heavy atom. The third-order valence-corrected chi connectivity index (χ3v) is 3.61. The predicted molar refractivity (Wildman–Crippen MR) is 79.4 cm³/mol. The number of hydrogen-bond donors (Lipinski definition) is 2. The summed E-state index contributed by atoms with van der Waals surface area (Å²) in [5.41, 5.74) is 0.271. The average molecular weight is 287 g/mol. The van der Waals surface area contributed by atoms with Crippen molar-refractivity contribution < 1.29 is 0 Å². The van der Waals surface area contributed by atoms with Crippen LogP contribution in [-0.4, -0.2) is 46.3 Å². The highest BCUT2D eigenvalue weighted by Crippen LogP contribution is 2.10. The molecule has 2 heterocycles. The molecular weight excluding hydrogens is 270 g/mol. The third-order valence-electron chi connectivity index (χ3n) is 3.61. The number of H-pyrrole nitrogens is 2. The number of hydrogen-bond acceptors (Lipinski definition) is 5. The Labute approximate surface area is 121 Å². The summed E-state index contributed by atoms with van der Waals surface area (Å²) in [6, 6.07) is 10.3. The van der Waals surface area contributed by atoms with E-state index in [1.54, 1.807) is 0 Å². The molecule has 0 amide bonds. The van der Waals surface area contributed by atoms with Gasteiger partial charge in [-0.1, -0.05) is 30.3 Å². The average Bonchev–Trinajstić information content (AvgIpc) is 2.49. The lowest BCUT2D eigenvalue weighted by molar-refractivity contribution is 0.249. The largest absolute Gasteiger partial charge is 0.348 e. The SMILES string of the molecule is O=c1[nH]nc(N2CCN(Cc3ccccc3)CC2)c(=O)[nH]1. The number of anilines is 1. The fourth-order valence-corrected chi connectivity index (χ4v) is 2.52. The van der Waals surface area contributed by atoms with E-state index in [4.69, 9.17) is 0 Å². The molecule has 1 fully saturated rings. The van der Waals surface area contributed by atoms with Crippen molar-refractivity contribution in [1.82, 2.24) is 20.1 Å². The summed E-state index contributed by atoms with van der Waals surface area (Å²) in [4.78, 5) is 29.1.